The van der Waals surface area contributed by atoms with Crippen molar-refractivity contribution < 1.29 is 8.42 Å². The number of rotatable bonds is 6. The van der Waals surface area contributed by atoms with Crippen LogP contribution in [0.1, 0.15) is 16.4 Å². The Bertz CT molecular complexity index is 1100. The summed E-state index contributed by atoms with van der Waals surface area (Å²) in [6.45, 7) is 0.305. The van der Waals surface area contributed by atoms with E-state index >= 15 is 0 Å². The normalized spacial score (nSPS) is 13.1. The number of nitrogens with one attached hydrogen (secondary N) is 2. The molecule has 6 heteroatoms. The van der Waals surface area contributed by atoms with Crippen LogP contribution in [-0.2, 0) is 10.0 Å². The zero-order chi connectivity index (χ0) is 18.0. The molecule has 0 aliphatic carbocycles. The van der Waals surface area contributed by atoms with E-state index in [1.165, 1.54) is 0 Å². The molecule has 2 aromatic heterocycles. The van der Waals surface area contributed by atoms with Crippen LogP contribution in [0, 0.1) is 0 Å². The summed E-state index contributed by atoms with van der Waals surface area (Å²) in [6, 6.07) is 20.6. The van der Waals surface area contributed by atoms with Gasteiger partial charge in [-0.3, -0.25) is 0 Å². The van der Waals surface area contributed by atoms with Crippen molar-refractivity contribution in [3.63, 3.8) is 0 Å². The van der Waals surface area contributed by atoms with Gasteiger partial charge in [0.15, 0.2) is 0 Å². The minimum absolute atomic E-state index is 0.0513. The Morgan fingerprint density at radius 2 is 1.73 bits per heavy atom. The fourth-order valence-corrected chi connectivity index (χ4v) is 5.03. The van der Waals surface area contributed by atoms with Crippen LogP contribution in [-0.4, -0.2) is 19.9 Å². The highest BCUT2D eigenvalue weighted by Gasteiger charge is 2.22. The van der Waals surface area contributed by atoms with Gasteiger partial charge >= 0.3 is 0 Å². The van der Waals surface area contributed by atoms with E-state index in [-0.39, 0.29) is 10.8 Å². The monoisotopic (exact) mass is 382 g/mol. The van der Waals surface area contributed by atoms with Crippen LogP contribution in [0.5, 0.6) is 0 Å². The fraction of sp³-hybridized carbons (Fsp3) is 0.100. The number of H-pyrrole nitrogens is 1. The first-order valence-corrected chi connectivity index (χ1v) is 10.7. The molecule has 2 heterocycles. The van der Waals surface area contributed by atoms with Gasteiger partial charge in [0.2, 0.25) is 10.0 Å². The molecule has 0 fully saturated rings. The minimum Gasteiger partial charge on any atom is -0.361 e. The van der Waals surface area contributed by atoms with E-state index in [1.54, 1.807) is 41.7 Å². The van der Waals surface area contributed by atoms with Crippen LogP contribution >= 0.6 is 11.3 Å². The molecule has 0 aliphatic rings. The second-order valence-electron chi connectivity index (χ2n) is 6.02. The van der Waals surface area contributed by atoms with E-state index in [2.05, 4.69) is 15.8 Å². The van der Waals surface area contributed by atoms with Crippen molar-refractivity contribution in [1.82, 2.24) is 9.71 Å². The summed E-state index contributed by atoms with van der Waals surface area (Å²) in [7, 11) is -3.55. The van der Waals surface area contributed by atoms with Crippen molar-refractivity contribution in [2.24, 2.45) is 0 Å². The van der Waals surface area contributed by atoms with Gasteiger partial charge in [0.05, 0.1) is 4.90 Å². The molecule has 0 saturated carbocycles. The molecule has 26 heavy (non-hydrogen) atoms. The van der Waals surface area contributed by atoms with Crippen LogP contribution in [0.4, 0.5) is 0 Å². The van der Waals surface area contributed by atoms with Gasteiger partial charge in [-0.2, -0.15) is 0 Å². The Balaban J connectivity index is 1.67. The third-order valence-electron chi connectivity index (χ3n) is 4.41. The Kier molecular flexibility index (Phi) is 4.63. The number of fused-ring (bicyclic) bond motifs is 1. The zero-order valence-electron chi connectivity index (χ0n) is 13.9. The smallest absolute Gasteiger partial charge is 0.240 e. The van der Waals surface area contributed by atoms with Crippen LogP contribution in [0.3, 0.4) is 0 Å². The van der Waals surface area contributed by atoms with E-state index in [9.17, 15) is 8.42 Å². The summed E-state index contributed by atoms with van der Waals surface area (Å²) in [5.41, 5.74) is 2.15. The van der Waals surface area contributed by atoms with Crippen LogP contribution in [0.15, 0.2) is 83.2 Å². The molecule has 0 unspecified atom stereocenters. The lowest BCUT2D eigenvalue weighted by atomic mass is 9.97. The van der Waals surface area contributed by atoms with Gasteiger partial charge in [-0.15, -0.1) is 11.3 Å². The maximum atomic E-state index is 12.6. The van der Waals surface area contributed by atoms with Gasteiger partial charge in [0.1, 0.15) is 0 Å². The highest BCUT2D eigenvalue weighted by atomic mass is 32.2. The standard InChI is InChI=1S/C20H18N2O2S2/c23-26(24,15-7-2-1-3-8-15)22-14-18(20-11-6-12-25-20)17-13-21-19-10-5-4-9-16(17)19/h1-13,18,21-22H,14H2/t18-/m1/s1. The minimum atomic E-state index is -3.55. The summed E-state index contributed by atoms with van der Waals surface area (Å²) in [5.74, 6) is -0.0513. The Hall–Kier alpha value is -2.41. The molecule has 0 bridgehead atoms. The largest absolute Gasteiger partial charge is 0.361 e. The molecule has 0 spiro atoms. The molecule has 4 rings (SSSR count). The second kappa shape index (κ2) is 7.07. The van der Waals surface area contributed by atoms with Crippen LogP contribution < -0.4 is 4.72 Å². The molecule has 0 amide bonds. The Labute approximate surface area is 156 Å². The SMILES string of the molecule is O=S(=O)(NC[C@@H](c1cccs1)c1c[nH]c2ccccc12)c1ccccc1. The average Bonchev–Trinajstić information content (AvgIpc) is 3.33. The van der Waals surface area contributed by atoms with Gasteiger partial charge in [0.25, 0.3) is 0 Å². The molecular weight excluding hydrogens is 364 g/mol. The summed E-state index contributed by atoms with van der Waals surface area (Å²) in [6.07, 6.45) is 1.98. The molecule has 4 nitrogen and oxygen atoms in total. The number of aromatic amines is 1. The van der Waals surface area contributed by atoms with Crippen molar-refractivity contribution in [2.75, 3.05) is 6.54 Å². The van der Waals surface area contributed by atoms with Crippen LogP contribution in [0.25, 0.3) is 10.9 Å². The summed E-state index contributed by atoms with van der Waals surface area (Å²) < 4.78 is 28.0. The van der Waals surface area contributed by atoms with Gasteiger partial charge < -0.3 is 4.98 Å². The predicted octanol–water partition coefficient (Wildman–Crippen LogP) is 4.34. The Morgan fingerprint density at radius 1 is 0.962 bits per heavy atom. The number of aromatic nitrogens is 1. The Morgan fingerprint density at radius 3 is 2.50 bits per heavy atom. The topological polar surface area (TPSA) is 62.0 Å². The van der Waals surface area contributed by atoms with Crippen molar-refractivity contribution in [3.8, 4) is 0 Å². The van der Waals surface area contributed by atoms with Crippen LogP contribution in [0.2, 0.25) is 0 Å². The van der Waals surface area contributed by atoms with E-state index < -0.39 is 10.0 Å². The third-order valence-corrected chi connectivity index (χ3v) is 6.84. The quantitative estimate of drug-likeness (QED) is 0.521. The molecule has 1 atom stereocenters. The first kappa shape index (κ1) is 17.0. The number of sulfonamides is 1. The van der Waals surface area contributed by atoms with Crippen molar-refractivity contribution in [3.05, 3.63) is 88.7 Å². The molecule has 0 radical (unpaired) electrons. The maximum absolute atomic E-state index is 12.6. The second-order valence-corrected chi connectivity index (χ2v) is 8.77. The van der Waals surface area contributed by atoms with Crippen molar-refractivity contribution in [1.29, 1.82) is 0 Å². The van der Waals surface area contributed by atoms with E-state index in [0.717, 1.165) is 21.3 Å². The number of thiophene rings is 1. The van der Waals surface area contributed by atoms with Crippen molar-refractivity contribution in [2.45, 2.75) is 10.8 Å². The molecule has 4 aromatic rings. The maximum Gasteiger partial charge on any atom is 0.240 e. The molecule has 0 aliphatic heterocycles. The highest BCUT2D eigenvalue weighted by molar-refractivity contribution is 7.89. The van der Waals surface area contributed by atoms with Gasteiger partial charge in [-0.25, -0.2) is 13.1 Å². The fourth-order valence-electron chi connectivity index (χ4n) is 3.11. The first-order chi connectivity index (χ1) is 12.6. The number of hydrogen-bond acceptors (Lipinski definition) is 3. The van der Waals surface area contributed by atoms with Gasteiger partial charge in [0, 0.05) is 34.4 Å². The predicted molar refractivity (Wildman–Crippen MR) is 106 cm³/mol. The lowest BCUT2D eigenvalue weighted by molar-refractivity contribution is 0.578. The van der Waals surface area contributed by atoms with E-state index in [0.29, 0.717) is 6.54 Å². The molecule has 132 valence electrons. The molecular formula is C20H18N2O2S2. The lowest BCUT2D eigenvalue weighted by Crippen LogP contribution is -2.28. The number of benzene rings is 2. The lowest BCUT2D eigenvalue weighted by Gasteiger charge is -2.16. The van der Waals surface area contributed by atoms with E-state index in [1.807, 2.05) is 41.9 Å². The molecule has 0 saturated heterocycles. The first-order valence-electron chi connectivity index (χ1n) is 8.29. The van der Waals surface area contributed by atoms with E-state index in [4.69, 9.17) is 0 Å². The van der Waals surface area contributed by atoms with Gasteiger partial charge in [-0.1, -0.05) is 42.5 Å². The summed E-state index contributed by atoms with van der Waals surface area (Å²) >= 11 is 1.64. The van der Waals surface area contributed by atoms with Gasteiger partial charge in [-0.05, 0) is 35.2 Å². The zero-order valence-corrected chi connectivity index (χ0v) is 15.6. The number of para-hydroxylation sites is 1. The third kappa shape index (κ3) is 3.31. The average molecular weight is 383 g/mol. The molecule has 2 aromatic carbocycles. The number of hydrogen-bond donors (Lipinski definition) is 2. The summed E-state index contributed by atoms with van der Waals surface area (Å²) in [4.78, 5) is 4.70. The highest BCUT2D eigenvalue weighted by Crippen LogP contribution is 2.33. The van der Waals surface area contributed by atoms with Crippen molar-refractivity contribution >= 4 is 32.3 Å². The molecule has 2 N–H and O–H groups in total. The summed E-state index contributed by atoms with van der Waals surface area (Å²) in [5, 5.41) is 3.13.